The second-order valence-corrected chi connectivity index (χ2v) is 17.0. The average Bonchev–Trinajstić information content (AvgIpc) is 3.71. The van der Waals surface area contributed by atoms with E-state index < -0.39 is 0 Å². The molecule has 11 aromatic rings. The molecule has 1 atom stereocenters. The highest BCUT2D eigenvalue weighted by molar-refractivity contribution is 7.20. The summed E-state index contributed by atoms with van der Waals surface area (Å²) in [6.45, 7) is 2.33. The molecule has 0 amide bonds. The van der Waals surface area contributed by atoms with Crippen molar-refractivity contribution in [1.29, 1.82) is 0 Å². The minimum Gasteiger partial charge on any atom is -0.208 e. The van der Waals surface area contributed by atoms with E-state index in [-0.39, 0.29) is 0 Å². The second kappa shape index (κ2) is 13.9. The van der Waals surface area contributed by atoms with Crippen LogP contribution >= 0.6 is 11.3 Å². The van der Waals surface area contributed by atoms with E-state index in [2.05, 4.69) is 195 Å². The van der Waals surface area contributed by atoms with E-state index in [1.165, 1.54) is 58.4 Å². The third-order valence-electron chi connectivity index (χ3n) is 12.3. The van der Waals surface area contributed by atoms with Crippen molar-refractivity contribution in [3.63, 3.8) is 0 Å². The molecule has 0 spiro atoms. The van der Waals surface area contributed by atoms with Crippen LogP contribution in [0, 0.1) is 0 Å². The Morgan fingerprint density at radius 2 is 1.07 bits per heavy atom. The van der Waals surface area contributed by atoms with E-state index in [0.29, 0.717) is 23.4 Å². The fourth-order valence-corrected chi connectivity index (χ4v) is 10.8. The van der Waals surface area contributed by atoms with Gasteiger partial charge in [-0.05, 0) is 113 Å². The van der Waals surface area contributed by atoms with Crippen LogP contribution in [0.2, 0.25) is 0 Å². The minimum absolute atomic E-state index is 0.455. The summed E-state index contributed by atoms with van der Waals surface area (Å²) < 4.78 is 1.22. The number of nitrogens with zero attached hydrogens (tertiary/aromatic N) is 3. The van der Waals surface area contributed by atoms with Crippen LogP contribution in [0.15, 0.2) is 182 Å². The molecule has 0 bridgehead atoms. The Balaban J connectivity index is 1.09. The molecule has 4 heteroatoms. The molecule has 282 valence electrons. The van der Waals surface area contributed by atoms with Crippen LogP contribution in [-0.2, 0) is 0 Å². The Bertz CT molecular complexity index is 3540. The summed E-state index contributed by atoms with van der Waals surface area (Å²) in [6.07, 6.45) is 5.65. The molecule has 0 aliphatic heterocycles. The molecule has 0 N–H and O–H groups in total. The van der Waals surface area contributed by atoms with Gasteiger partial charge >= 0.3 is 0 Å². The molecule has 1 unspecified atom stereocenters. The number of aromatic nitrogens is 3. The average molecular weight is 784 g/mol. The van der Waals surface area contributed by atoms with Crippen LogP contribution in [0.25, 0.3) is 116 Å². The third kappa shape index (κ3) is 5.67. The number of benzene rings is 9. The maximum atomic E-state index is 5.47. The van der Waals surface area contributed by atoms with Crippen LogP contribution in [0.1, 0.15) is 29.7 Å². The molecular weight excluding hydrogens is 747 g/mol. The maximum Gasteiger partial charge on any atom is 0.165 e. The van der Waals surface area contributed by atoms with Gasteiger partial charge in [0.1, 0.15) is 0 Å². The number of hydrogen-bond donors (Lipinski definition) is 0. The van der Waals surface area contributed by atoms with E-state index in [0.717, 1.165) is 50.6 Å². The number of thiophene rings is 1. The minimum atomic E-state index is 0.455. The number of allylic oxidation sites excluding steroid dienone is 1. The molecule has 1 aliphatic rings. The monoisotopic (exact) mass is 783 g/mol. The van der Waals surface area contributed by atoms with Gasteiger partial charge in [0.25, 0.3) is 0 Å². The van der Waals surface area contributed by atoms with Crippen LogP contribution in [-0.4, -0.2) is 15.0 Å². The van der Waals surface area contributed by atoms with Crippen LogP contribution < -0.4 is 0 Å². The Morgan fingerprint density at radius 1 is 0.433 bits per heavy atom. The SMILES string of the molecule is CC1CC=Cc2sc3c(-c4nc(-c5ccc(-c6cc7ccccc7c7ccccc67)cc5)nc(-c5c(-c6ccc7ccccc7c6)ccc6ccccc56)n4)cccc3c21. The van der Waals surface area contributed by atoms with E-state index in [9.17, 15) is 0 Å². The molecule has 9 aromatic carbocycles. The lowest BCUT2D eigenvalue weighted by Crippen LogP contribution is -2.02. The van der Waals surface area contributed by atoms with Gasteiger partial charge < -0.3 is 0 Å². The molecule has 0 saturated heterocycles. The van der Waals surface area contributed by atoms with Gasteiger partial charge in [0.2, 0.25) is 0 Å². The smallest absolute Gasteiger partial charge is 0.165 e. The summed E-state index contributed by atoms with van der Waals surface area (Å²) in [5.74, 6) is 2.44. The topological polar surface area (TPSA) is 38.7 Å². The highest BCUT2D eigenvalue weighted by Gasteiger charge is 2.24. The predicted molar refractivity (Wildman–Crippen MR) is 254 cm³/mol. The fraction of sp³-hybridized carbons (Fsp3) is 0.0536. The lowest BCUT2D eigenvalue weighted by molar-refractivity contribution is 0.783. The fourth-order valence-electron chi connectivity index (χ4n) is 9.40. The normalized spacial score (nSPS) is 13.8. The molecule has 0 fully saturated rings. The van der Waals surface area contributed by atoms with Gasteiger partial charge in [0, 0.05) is 26.3 Å². The molecule has 2 heterocycles. The van der Waals surface area contributed by atoms with Crippen LogP contribution in [0.4, 0.5) is 0 Å². The van der Waals surface area contributed by atoms with Crippen molar-refractivity contribution in [2.24, 2.45) is 0 Å². The summed E-state index contributed by atoms with van der Waals surface area (Å²) in [7, 11) is 0. The summed E-state index contributed by atoms with van der Waals surface area (Å²) in [5, 5.41) is 10.9. The number of hydrogen-bond acceptors (Lipinski definition) is 4. The summed E-state index contributed by atoms with van der Waals surface area (Å²) in [6, 6.07) is 63.4. The maximum absolute atomic E-state index is 5.47. The van der Waals surface area contributed by atoms with Crippen molar-refractivity contribution in [2.75, 3.05) is 0 Å². The standard InChI is InChI=1S/C56H37N3S/c1-34-12-10-23-50-51(34)47-21-11-22-48(53(47)60-50)55-57-54(38-27-25-37(26-28-38)49-33-40-16-5-6-17-42(40)45-19-8-9-20-46(45)49)58-56(59-55)52-43-18-7-4-14-36(43)30-31-44(52)41-29-24-35-13-2-3-15-39(35)32-41/h2-11,13-34H,12H2,1H3. The first-order valence-electron chi connectivity index (χ1n) is 20.7. The van der Waals surface area contributed by atoms with Crippen molar-refractivity contribution in [1.82, 2.24) is 15.0 Å². The highest BCUT2D eigenvalue weighted by atomic mass is 32.1. The Morgan fingerprint density at radius 3 is 1.92 bits per heavy atom. The Hall–Kier alpha value is -7.27. The molecular formula is C56H37N3S. The molecule has 60 heavy (non-hydrogen) atoms. The van der Waals surface area contributed by atoms with Gasteiger partial charge in [-0.25, -0.2) is 15.0 Å². The van der Waals surface area contributed by atoms with Gasteiger partial charge in [0.05, 0.1) is 0 Å². The lowest BCUT2D eigenvalue weighted by Gasteiger charge is -2.16. The van der Waals surface area contributed by atoms with E-state index in [4.69, 9.17) is 15.0 Å². The quantitative estimate of drug-likeness (QED) is 0.163. The molecule has 1 aliphatic carbocycles. The summed E-state index contributed by atoms with van der Waals surface area (Å²) >= 11 is 1.85. The molecule has 0 radical (unpaired) electrons. The van der Waals surface area contributed by atoms with Crippen molar-refractivity contribution in [3.05, 3.63) is 192 Å². The number of fused-ring (bicyclic) bond motifs is 8. The van der Waals surface area contributed by atoms with Crippen LogP contribution in [0.5, 0.6) is 0 Å². The molecule has 2 aromatic heterocycles. The zero-order chi connectivity index (χ0) is 39.7. The van der Waals surface area contributed by atoms with Gasteiger partial charge in [-0.3, -0.25) is 0 Å². The van der Waals surface area contributed by atoms with Crippen molar-refractivity contribution in [2.45, 2.75) is 19.3 Å². The number of rotatable bonds is 5. The molecule has 3 nitrogen and oxygen atoms in total. The van der Waals surface area contributed by atoms with Gasteiger partial charge in [0.15, 0.2) is 17.5 Å². The first kappa shape index (κ1) is 34.7. The van der Waals surface area contributed by atoms with E-state index >= 15 is 0 Å². The first-order chi connectivity index (χ1) is 29.6. The second-order valence-electron chi connectivity index (χ2n) is 15.9. The van der Waals surface area contributed by atoms with Crippen molar-refractivity contribution in [3.8, 4) is 56.4 Å². The highest BCUT2D eigenvalue weighted by Crippen LogP contribution is 2.45. The van der Waals surface area contributed by atoms with Gasteiger partial charge in [-0.1, -0.05) is 171 Å². The van der Waals surface area contributed by atoms with Crippen molar-refractivity contribution >= 4 is 70.6 Å². The zero-order valence-electron chi connectivity index (χ0n) is 32.9. The molecule has 0 saturated carbocycles. The summed E-state index contributed by atoms with van der Waals surface area (Å²) in [4.78, 5) is 17.6. The Kier molecular flexibility index (Phi) is 8.07. The van der Waals surface area contributed by atoms with Gasteiger partial charge in [-0.2, -0.15) is 0 Å². The third-order valence-corrected chi connectivity index (χ3v) is 13.6. The van der Waals surface area contributed by atoms with Crippen LogP contribution in [0.3, 0.4) is 0 Å². The van der Waals surface area contributed by atoms with E-state index in [1.54, 1.807) is 0 Å². The van der Waals surface area contributed by atoms with Gasteiger partial charge in [-0.15, -0.1) is 11.3 Å². The predicted octanol–water partition coefficient (Wildman–Crippen LogP) is 15.6. The molecule has 12 rings (SSSR count). The largest absolute Gasteiger partial charge is 0.208 e. The lowest BCUT2D eigenvalue weighted by atomic mass is 9.90. The Labute approximate surface area is 352 Å². The zero-order valence-corrected chi connectivity index (χ0v) is 33.7. The van der Waals surface area contributed by atoms with E-state index in [1.807, 2.05) is 11.3 Å². The first-order valence-corrected chi connectivity index (χ1v) is 21.5. The summed E-state index contributed by atoms with van der Waals surface area (Å²) in [5.41, 5.74) is 8.97. The van der Waals surface area contributed by atoms with Crippen molar-refractivity contribution < 1.29 is 0 Å².